The number of fused-ring (bicyclic) bond motifs is 8. The predicted molar refractivity (Wildman–Crippen MR) is 224 cm³/mol. The lowest BCUT2D eigenvalue weighted by Gasteiger charge is -2.12. The molecule has 5 nitrogen and oxygen atoms in total. The number of nitrogens with zero attached hydrogens (tertiary/aromatic N) is 5. The van der Waals surface area contributed by atoms with Crippen LogP contribution in [0.3, 0.4) is 0 Å². The van der Waals surface area contributed by atoms with Gasteiger partial charge in [-0.2, -0.15) is 4.80 Å². The fraction of sp³-hybridized carbons (Fsp3) is 0. The van der Waals surface area contributed by atoms with E-state index in [1.54, 1.807) is 4.80 Å². The first-order valence-electron chi connectivity index (χ1n) is 18.0. The van der Waals surface area contributed by atoms with Crippen LogP contribution in [0.2, 0.25) is 0 Å². The molecule has 0 N–H and O–H groups in total. The van der Waals surface area contributed by atoms with Crippen LogP contribution < -0.4 is 0 Å². The van der Waals surface area contributed by atoms with Gasteiger partial charge in [0, 0.05) is 42.2 Å². The van der Waals surface area contributed by atoms with Crippen molar-refractivity contribution in [3.8, 4) is 50.7 Å². The molecule has 3 heterocycles. The van der Waals surface area contributed by atoms with Crippen molar-refractivity contribution in [2.45, 2.75) is 0 Å². The first-order valence-corrected chi connectivity index (χ1v) is 18.8. The van der Waals surface area contributed by atoms with E-state index >= 15 is 0 Å². The molecule has 11 aromatic rings. The van der Waals surface area contributed by atoms with Gasteiger partial charge in [-0.25, -0.2) is 9.97 Å². The molecule has 252 valence electrons. The van der Waals surface area contributed by atoms with Crippen LogP contribution in [0.1, 0.15) is 0 Å². The number of aromatic nitrogens is 5. The Bertz CT molecular complexity index is 3220. The van der Waals surface area contributed by atoms with Gasteiger partial charge in [0.25, 0.3) is 0 Å². The molecule has 0 aliphatic carbocycles. The Morgan fingerprint density at radius 1 is 0.407 bits per heavy atom. The van der Waals surface area contributed by atoms with E-state index in [1.165, 1.54) is 25.7 Å². The summed E-state index contributed by atoms with van der Waals surface area (Å²) < 4.78 is 2.53. The number of hydrogen-bond donors (Lipinski definition) is 0. The first kappa shape index (κ1) is 30.6. The molecule has 0 aliphatic heterocycles. The summed E-state index contributed by atoms with van der Waals surface area (Å²) in [6, 6.07) is 61.6. The number of rotatable bonds is 5. The summed E-state index contributed by atoms with van der Waals surface area (Å²) in [6.07, 6.45) is 0. The fourth-order valence-electron chi connectivity index (χ4n) is 7.58. The summed E-state index contributed by atoms with van der Waals surface area (Å²) in [5.41, 5.74) is 9.73. The third-order valence-electron chi connectivity index (χ3n) is 10.3. The van der Waals surface area contributed by atoms with Gasteiger partial charge in [-0.3, -0.25) is 0 Å². The van der Waals surface area contributed by atoms with Crippen molar-refractivity contribution in [1.29, 1.82) is 0 Å². The average Bonchev–Trinajstić information content (AvgIpc) is 3.86. The summed E-state index contributed by atoms with van der Waals surface area (Å²) in [7, 11) is 0. The van der Waals surface area contributed by atoms with E-state index in [-0.39, 0.29) is 0 Å². The molecular weight excluding hydrogens is 679 g/mol. The molecule has 0 aliphatic rings. The Morgan fingerprint density at radius 2 is 1.07 bits per heavy atom. The van der Waals surface area contributed by atoms with Crippen LogP contribution in [-0.2, 0) is 0 Å². The zero-order valence-corrected chi connectivity index (χ0v) is 29.7. The maximum Gasteiger partial charge on any atom is 0.160 e. The van der Waals surface area contributed by atoms with E-state index in [1.807, 2.05) is 47.7 Å². The highest BCUT2D eigenvalue weighted by Gasteiger charge is 2.16. The van der Waals surface area contributed by atoms with Crippen LogP contribution in [0.4, 0.5) is 0 Å². The van der Waals surface area contributed by atoms with E-state index in [0.29, 0.717) is 5.82 Å². The largest absolute Gasteiger partial charge is 0.228 e. The minimum absolute atomic E-state index is 0.670. The standard InChI is InChI=1S/C48H29N5S/c1-3-10-30(11-4-1)33-12-9-13-34(26-33)42-29-43(35-22-24-39-38-16-7-8-17-44(38)54-45(39)28-35)50-48(49-42)36-21-19-31-18-20-32-23-25-41-47(46(32)40(31)27-36)52-53(51-41)37-14-5-2-6-15-37/h1-29H. The van der Waals surface area contributed by atoms with E-state index in [4.69, 9.17) is 20.2 Å². The van der Waals surface area contributed by atoms with Gasteiger partial charge in [0.15, 0.2) is 5.82 Å². The zero-order valence-electron chi connectivity index (χ0n) is 28.9. The van der Waals surface area contributed by atoms with Gasteiger partial charge in [0.2, 0.25) is 0 Å². The average molecular weight is 708 g/mol. The highest BCUT2D eigenvalue weighted by molar-refractivity contribution is 7.25. The van der Waals surface area contributed by atoms with Crippen molar-refractivity contribution in [2.75, 3.05) is 0 Å². The van der Waals surface area contributed by atoms with Gasteiger partial charge in [0.1, 0.15) is 11.0 Å². The van der Waals surface area contributed by atoms with Gasteiger partial charge >= 0.3 is 0 Å². The summed E-state index contributed by atoms with van der Waals surface area (Å²) in [5.74, 6) is 0.670. The van der Waals surface area contributed by atoms with Gasteiger partial charge in [-0.1, -0.05) is 127 Å². The van der Waals surface area contributed by atoms with Crippen molar-refractivity contribution < 1.29 is 0 Å². The molecule has 0 spiro atoms. The Hall–Kier alpha value is -7.02. The molecule has 8 aromatic carbocycles. The third kappa shape index (κ3) is 5.15. The fourth-order valence-corrected chi connectivity index (χ4v) is 8.72. The number of para-hydroxylation sites is 1. The summed E-state index contributed by atoms with van der Waals surface area (Å²) in [4.78, 5) is 12.3. The van der Waals surface area contributed by atoms with Crippen molar-refractivity contribution >= 4 is 64.1 Å². The Kier molecular flexibility index (Phi) is 6.97. The topological polar surface area (TPSA) is 56.5 Å². The van der Waals surface area contributed by atoms with E-state index in [9.17, 15) is 0 Å². The molecule has 3 aromatic heterocycles. The Morgan fingerprint density at radius 3 is 1.94 bits per heavy atom. The van der Waals surface area contributed by atoms with E-state index in [0.717, 1.165) is 71.9 Å². The van der Waals surface area contributed by atoms with Gasteiger partial charge in [0.05, 0.1) is 17.1 Å². The normalized spacial score (nSPS) is 11.7. The van der Waals surface area contributed by atoms with Crippen LogP contribution in [0.25, 0.3) is 103 Å². The second kappa shape index (κ2) is 12.3. The molecular formula is C48H29N5S. The van der Waals surface area contributed by atoms with Crippen molar-refractivity contribution in [3.63, 3.8) is 0 Å². The smallest absolute Gasteiger partial charge is 0.160 e. The molecule has 11 rings (SSSR count). The summed E-state index contributed by atoms with van der Waals surface area (Å²) in [6.45, 7) is 0. The van der Waals surface area contributed by atoms with Crippen LogP contribution in [-0.4, -0.2) is 25.0 Å². The molecule has 0 amide bonds. The minimum atomic E-state index is 0.670. The lowest BCUT2D eigenvalue weighted by Crippen LogP contribution is -1.97. The summed E-state index contributed by atoms with van der Waals surface area (Å²) >= 11 is 1.82. The van der Waals surface area contributed by atoms with Crippen LogP contribution in [0.5, 0.6) is 0 Å². The number of hydrogen-bond acceptors (Lipinski definition) is 5. The lowest BCUT2D eigenvalue weighted by molar-refractivity contribution is 0.766. The van der Waals surface area contributed by atoms with Gasteiger partial charge < -0.3 is 0 Å². The van der Waals surface area contributed by atoms with Crippen LogP contribution in [0, 0.1) is 0 Å². The van der Waals surface area contributed by atoms with Crippen molar-refractivity contribution in [2.24, 2.45) is 0 Å². The predicted octanol–water partition coefficient (Wildman–Crippen LogP) is 12.6. The number of benzene rings is 8. The monoisotopic (exact) mass is 707 g/mol. The van der Waals surface area contributed by atoms with Crippen LogP contribution >= 0.6 is 11.3 Å². The molecule has 0 unspecified atom stereocenters. The Balaban J connectivity index is 1.12. The molecule has 54 heavy (non-hydrogen) atoms. The molecule has 0 saturated carbocycles. The molecule has 0 saturated heterocycles. The first-order chi connectivity index (χ1) is 26.7. The SMILES string of the molecule is c1ccc(-c2cccc(-c3cc(-c4ccc5c(c4)sc4ccccc45)nc(-c4ccc5ccc6ccc7nn(-c8ccccc8)nc7c6c5c4)n3)c2)cc1. The minimum Gasteiger partial charge on any atom is -0.228 e. The van der Waals surface area contributed by atoms with E-state index in [2.05, 4.69) is 140 Å². The molecule has 0 atom stereocenters. The maximum absolute atomic E-state index is 5.30. The van der Waals surface area contributed by atoms with Gasteiger partial charge in [-0.05, 0) is 75.8 Å². The maximum atomic E-state index is 5.30. The molecule has 0 radical (unpaired) electrons. The Labute approximate surface area is 314 Å². The quantitative estimate of drug-likeness (QED) is 0.167. The molecule has 0 fully saturated rings. The van der Waals surface area contributed by atoms with Crippen molar-refractivity contribution in [1.82, 2.24) is 25.0 Å². The summed E-state index contributed by atoms with van der Waals surface area (Å²) in [5, 5.41) is 16.8. The van der Waals surface area contributed by atoms with Gasteiger partial charge in [-0.15, -0.1) is 21.5 Å². The lowest BCUT2D eigenvalue weighted by atomic mass is 9.98. The molecule has 0 bridgehead atoms. The highest BCUT2D eigenvalue weighted by Crippen LogP contribution is 2.38. The second-order valence-corrected chi connectivity index (χ2v) is 14.7. The van der Waals surface area contributed by atoms with Crippen LogP contribution in [0.15, 0.2) is 176 Å². The highest BCUT2D eigenvalue weighted by atomic mass is 32.1. The van der Waals surface area contributed by atoms with Crippen molar-refractivity contribution in [3.05, 3.63) is 176 Å². The van der Waals surface area contributed by atoms with E-state index < -0.39 is 0 Å². The second-order valence-electron chi connectivity index (χ2n) is 13.6. The molecule has 6 heteroatoms. The number of thiophene rings is 1. The zero-order chi connectivity index (χ0) is 35.6. The third-order valence-corrected chi connectivity index (χ3v) is 11.4.